The van der Waals surface area contributed by atoms with Crippen LogP contribution in [0.5, 0.6) is 0 Å². The zero-order valence-corrected chi connectivity index (χ0v) is 22.0. The molecule has 0 N–H and O–H groups in total. The smallest absolute Gasteiger partial charge is 0.199 e. The topological polar surface area (TPSA) is 104 Å². The van der Waals surface area contributed by atoms with Crippen molar-refractivity contribution in [3.63, 3.8) is 0 Å². The molecule has 4 aliphatic rings. The Morgan fingerprint density at radius 2 is 1.21 bits per heavy atom. The van der Waals surface area contributed by atoms with E-state index in [1.54, 1.807) is 0 Å². The highest BCUT2D eigenvalue weighted by atomic mass is 35.7. The summed E-state index contributed by atoms with van der Waals surface area (Å²) >= 11 is 0. The third-order valence-corrected chi connectivity index (χ3v) is 7.07. The molecule has 2 aromatic rings. The van der Waals surface area contributed by atoms with Crippen LogP contribution >= 0.6 is 0 Å². The van der Waals surface area contributed by atoms with Crippen molar-refractivity contribution in [2.24, 2.45) is 0 Å². The van der Waals surface area contributed by atoms with E-state index in [0.717, 1.165) is 48.3 Å². The number of hydrogen-bond acceptors (Lipinski definition) is 5. The standard InChI is InChI=1S/C31H28NO.ClHO4/c1-32(2)24-14-16-25-23(19-24)13-15-26(25)27-17-18-28-29(27)20-30(21-9-5-3-6-10-21)33-31(28)22-11-7-4-8-12-22;2-1(3,4)5/h3-12,14,16,19-20H,13,15,17-18H2,1-2H3;(H,2,3,4,5)/q+1;/p-1. The molecule has 0 amide bonds. The van der Waals surface area contributed by atoms with E-state index >= 15 is 0 Å². The average Bonchev–Trinajstić information content (AvgIpc) is 3.51. The number of benzene rings is 2. The fourth-order valence-electron chi connectivity index (χ4n) is 5.39. The Hall–Kier alpha value is -3.52. The lowest BCUT2D eigenvalue weighted by Gasteiger charge is -2.23. The van der Waals surface area contributed by atoms with Gasteiger partial charge in [0.15, 0.2) is 5.71 Å². The number of allylic oxidation sites excluding steroid dienone is 10. The molecule has 38 heavy (non-hydrogen) atoms. The summed E-state index contributed by atoms with van der Waals surface area (Å²) in [6.45, 7) is 0. The highest BCUT2D eigenvalue weighted by molar-refractivity contribution is 6.03. The second kappa shape index (κ2) is 10.7. The van der Waals surface area contributed by atoms with Crippen LogP contribution in [0.2, 0.25) is 0 Å². The maximum Gasteiger partial charge on any atom is 0.199 e. The molecule has 2 aromatic carbocycles. The van der Waals surface area contributed by atoms with Crippen LogP contribution in [0.15, 0.2) is 118 Å². The van der Waals surface area contributed by atoms with Crippen molar-refractivity contribution in [1.29, 1.82) is 0 Å². The van der Waals surface area contributed by atoms with Gasteiger partial charge in [-0.3, -0.25) is 0 Å². The van der Waals surface area contributed by atoms with Gasteiger partial charge in [0.1, 0.15) is 25.6 Å². The fourth-order valence-corrected chi connectivity index (χ4v) is 5.39. The van der Waals surface area contributed by atoms with E-state index in [9.17, 15) is 0 Å². The second-order valence-electron chi connectivity index (χ2n) is 9.64. The predicted molar refractivity (Wildman–Crippen MR) is 136 cm³/mol. The molecule has 7 heteroatoms. The molecule has 0 spiro atoms. The molecule has 6 rings (SSSR count). The highest BCUT2D eigenvalue weighted by Crippen LogP contribution is 2.50. The van der Waals surface area contributed by atoms with Crippen LogP contribution in [0.3, 0.4) is 0 Å². The molecule has 0 atom stereocenters. The minimum absolute atomic E-state index is 0.939. The van der Waals surface area contributed by atoms with E-state index in [-0.39, 0.29) is 0 Å². The quantitative estimate of drug-likeness (QED) is 0.566. The van der Waals surface area contributed by atoms with E-state index in [1.165, 1.54) is 39.2 Å². The van der Waals surface area contributed by atoms with Gasteiger partial charge in [0.25, 0.3) is 0 Å². The normalized spacial score (nSPS) is 18.4. The van der Waals surface area contributed by atoms with Gasteiger partial charge < -0.3 is 4.74 Å². The molecular weight excluding hydrogens is 502 g/mol. The van der Waals surface area contributed by atoms with Gasteiger partial charge in [-0.15, -0.1) is 10.2 Å². The Kier molecular flexibility index (Phi) is 7.34. The van der Waals surface area contributed by atoms with Crippen LogP contribution in [0.25, 0.3) is 11.5 Å². The Bertz CT molecular complexity index is 1460. The molecule has 6 nitrogen and oxygen atoms in total. The summed E-state index contributed by atoms with van der Waals surface area (Å²) < 4.78 is 42.7. The van der Waals surface area contributed by atoms with Crippen LogP contribution in [0, 0.1) is 10.2 Å². The van der Waals surface area contributed by atoms with Crippen molar-refractivity contribution in [2.45, 2.75) is 25.7 Å². The third-order valence-electron chi connectivity index (χ3n) is 7.07. The third kappa shape index (κ3) is 5.65. The van der Waals surface area contributed by atoms with E-state index in [4.69, 9.17) is 23.4 Å². The lowest BCUT2D eigenvalue weighted by Crippen LogP contribution is -2.68. The molecule has 0 saturated carbocycles. The monoisotopic (exact) mass is 529 g/mol. The van der Waals surface area contributed by atoms with Gasteiger partial charge in [0.05, 0.1) is 0 Å². The van der Waals surface area contributed by atoms with Gasteiger partial charge in [-0.1, -0.05) is 60.7 Å². The van der Waals surface area contributed by atoms with E-state index < -0.39 is 10.2 Å². The van der Waals surface area contributed by atoms with Gasteiger partial charge in [-0.2, -0.15) is 0 Å². The van der Waals surface area contributed by atoms with Gasteiger partial charge in [-0.05, 0) is 65.7 Å². The van der Waals surface area contributed by atoms with Gasteiger partial charge >= 0.3 is 0 Å². The Morgan fingerprint density at radius 1 is 0.658 bits per heavy atom. The second-order valence-corrected chi connectivity index (χ2v) is 10.4. The summed E-state index contributed by atoms with van der Waals surface area (Å²) in [7, 11) is -0.716. The zero-order chi connectivity index (χ0) is 26.9. The maximum atomic E-state index is 8.49. The molecule has 0 bridgehead atoms. The average molecular weight is 530 g/mol. The number of hydrogen-bond donors (Lipinski definition) is 0. The molecule has 1 aliphatic heterocycles. The van der Waals surface area contributed by atoms with Crippen molar-refractivity contribution in [3.8, 4) is 0 Å². The summed E-state index contributed by atoms with van der Waals surface area (Å²) in [5, 5.41) is 0. The first-order chi connectivity index (χ1) is 18.2. The van der Waals surface area contributed by atoms with Crippen molar-refractivity contribution in [1.82, 2.24) is 0 Å². The summed E-state index contributed by atoms with van der Waals surface area (Å²) in [6, 6.07) is 21.1. The van der Waals surface area contributed by atoms with Crippen molar-refractivity contribution in [2.75, 3.05) is 14.1 Å². The molecule has 3 aliphatic carbocycles. The van der Waals surface area contributed by atoms with Crippen LogP contribution < -0.4 is 18.6 Å². The predicted octanol–water partition coefficient (Wildman–Crippen LogP) is 2.10. The van der Waals surface area contributed by atoms with Crippen molar-refractivity contribution >= 4 is 17.2 Å². The van der Waals surface area contributed by atoms with Crippen LogP contribution in [0.1, 0.15) is 36.8 Å². The van der Waals surface area contributed by atoms with Gasteiger partial charge in [0.2, 0.25) is 0 Å². The largest absolute Gasteiger partial charge is 0.456 e. The minimum Gasteiger partial charge on any atom is -0.456 e. The minimum atomic E-state index is -4.94. The molecule has 0 fully saturated rings. The molecule has 0 unspecified atom stereocenters. The van der Waals surface area contributed by atoms with Crippen LogP contribution in [-0.4, -0.2) is 24.4 Å². The van der Waals surface area contributed by atoms with E-state index in [1.807, 2.05) is 0 Å². The number of nitrogens with zero attached hydrogens (tertiary/aromatic N) is 1. The molecule has 0 radical (unpaired) electrons. The van der Waals surface area contributed by atoms with Gasteiger partial charge in [0, 0.05) is 28.9 Å². The molecule has 0 saturated heterocycles. The number of ether oxygens (including phenoxy) is 1. The highest BCUT2D eigenvalue weighted by Gasteiger charge is 2.33. The summed E-state index contributed by atoms with van der Waals surface area (Å²) in [5.74, 6) is 1.96. The molecule has 0 aromatic heterocycles. The zero-order valence-electron chi connectivity index (χ0n) is 21.3. The van der Waals surface area contributed by atoms with Crippen molar-refractivity contribution < 1.29 is 38.2 Å². The molecular formula is C31H28ClNO5. The fraction of sp³-hybridized carbons (Fsp3) is 0.194. The summed E-state index contributed by atoms with van der Waals surface area (Å²) in [6.07, 6.45) is 13.6. The lowest BCUT2D eigenvalue weighted by atomic mass is 9.92. The first-order valence-electron chi connectivity index (χ1n) is 12.4. The number of fused-ring (bicyclic) bond motifs is 2. The maximum absolute atomic E-state index is 8.49. The molecule has 1 heterocycles. The first-order valence-corrected chi connectivity index (χ1v) is 13.7. The number of rotatable bonds is 3. The van der Waals surface area contributed by atoms with E-state index in [0.29, 0.717) is 0 Å². The van der Waals surface area contributed by atoms with Crippen LogP contribution in [-0.2, 0) is 4.74 Å². The Labute approximate surface area is 224 Å². The van der Waals surface area contributed by atoms with Crippen LogP contribution in [0.4, 0.5) is 0 Å². The lowest BCUT2D eigenvalue weighted by molar-refractivity contribution is -2.00. The first kappa shape index (κ1) is 26.1. The summed E-state index contributed by atoms with van der Waals surface area (Å²) in [4.78, 5) is 0. The SMILES string of the molecule is C[N+](C)=C1C=CC2=C(C3=C4C=C(c5ccccc5)OC(c5ccccc5)=C4CC3)CCC2=C1.[O-][Cl+3]([O-])([O-])[O-]. The summed E-state index contributed by atoms with van der Waals surface area (Å²) in [5.41, 5.74) is 12.2. The Morgan fingerprint density at radius 3 is 1.84 bits per heavy atom. The van der Waals surface area contributed by atoms with Gasteiger partial charge in [-0.25, -0.2) is 23.2 Å². The van der Waals surface area contributed by atoms with E-state index in [2.05, 4.69) is 104 Å². The number of halogens is 1. The molecule has 194 valence electrons. The van der Waals surface area contributed by atoms with Crippen molar-refractivity contribution in [3.05, 3.63) is 130 Å². The Balaban J connectivity index is 0.000000540.